The molecule has 0 amide bonds. The Hall–Kier alpha value is -1.71. The zero-order chi connectivity index (χ0) is 10.8. The number of nitrogens with zero attached hydrogens (tertiary/aromatic N) is 1. The third kappa shape index (κ3) is 1.63. The fourth-order valence-electron chi connectivity index (χ4n) is 1.70. The Morgan fingerprint density at radius 3 is 2.93 bits per heavy atom. The molecule has 2 heterocycles. The predicted molar refractivity (Wildman–Crippen MR) is 59.4 cm³/mol. The summed E-state index contributed by atoms with van der Waals surface area (Å²) in [6, 6.07) is 1.93. The summed E-state index contributed by atoms with van der Waals surface area (Å²) in [5.41, 5.74) is 8.86. The lowest BCUT2D eigenvalue weighted by Crippen LogP contribution is -1.92. The molecule has 4 nitrogen and oxygen atoms in total. The van der Waals surface area contributed by atoms with Gasteiger partial charge < -0.3 is 10.2 Å². The molecule has 0 aliphatic heterocycles. The number of aromatic amines is 1. The number of aromatic nitrogens is 2. The van der Waals surface area contributed by atoms with E-state index in [0.717, 1.165) is 35.4 Å². The molecule has 2 aromatic rings. The van der Waals surface area contributed by atoms with Crippen LogP contribution in [0.4, 0.5) is 5.82 Å². The first kappa shape index (κ1) is 9.83. The minimum absolute atomic E-state index is 0.572. The molecule has 0 unspecified atom stereocenters. The highest BCUT2D eigenvalue weighted by Crippen LogP contribution is 2.29. The number of nitrogens with two attached hydrogens (primary N) is 1. The van der Waals surface area contributed by atoms with Crippen molar-refractivity contribution in [3.05, 3.63) is 23.5 Å². The Labute approximate surface area is 88.5 Å². The minimum Gasteiger partial charge on any atom is -0.462 e. The Kier molecular flexibility index (Phi) is 2.49. The number of H-pyrrole nitrogens is 1. The maximum absolute atomic E-state index is 5.80. The van der Waals surface area contributed by atoms with Crippen LogP contribution >= 0.6 is 0 Å². The van der Waals surface area contributed by atoms with Crippen LogP contribution in [0.3, 0.4) is 0 Å². The molecule has 80 valence electrons. The second kappa shape index (κ2) is 3.81. The molecule has 3 N–H and O–H groups in total. The maximum atomic E-state index is 5.80. The van der Waals surface area contributed by atoms with Gasteiger partial charge in [-0.15, -0.1) is 0 Å². The monoisotopic (exact) mass is 205 g/mol. The van der Waals surface area contributed by atoms with E-state index in [2.05, 4.69) is 17.1 Å². The summed E-state index contributed by atoms with van der Waals surface area (Å²) >= 11 is 0. The van der Waals surface area contributed by atoms with Crippen LogP contribution in [0.5, 0.6) is 0 Å². The Morgan fingerprint density at radius 1 is 1.53 bits per heavy atom. The molecule has 15 heavy (non-hydrogen) atoms. The molecule has 0 saturated heterocycles. The van der Waals surface area contributed by atoms with Crippen LogP contribution in [0.25, 0.3) is 11.5 Å². The van der Waals surface area contributed by atoms with E-state index < -0.39 is 0 Å². The molecular formula is C11H15N3O. The highest BCUT2D eigenvalue weighted by molar-refractivity contribution is 5.66. The van der Waals surface area contributed by atoms with Gasteiger partial charge in [-0.2, -0.15) is 5.10 Å². The summed E-state index contributed by atoms with van der Waals surface area (Å²) in [6.45, 7) is 4.12. The lowest BCUT2D eigenvalue weighted by atomic mass is 10.1. The summed E-state index contributed by atoms with van der Waals surface area (Å²) in [5.74, 6) is 1.41. The predicted octanol–water partition coefficient (Wildman–Crippen LogP) is 2.51. The molecule has 0 aliphatic rings. The maximum Gasteiger partial charge on any atom is 0.154 e. The molecule has 2 aromatic heterocycles. The molecule has 0 spiro atoms. The highest BCUT2D eigenvalue weighted by atomic mass is 16.3. The van der Waals surface area contributed by atoms with Gasteiger partial charge in [0.1, 0.15) is 11.5 Å². The minimum atomic E-state index is 0.572. The molecule has 0 atom stereocenters. The van der Waals surface area contributed by atoms with Gasteiger partial charge >= 0.3 is 0 Å². The van der Waals surface area contributed by atoms with Crippen molar-refractivity contribution in [2.75, 3.05) is 5.73 Å². The van der Waals surface area contributed by atoms with E-state index in [1.165, 1.54) is 0 Å². The van der Waals surface area contributed by atoms with Gasteiger partial charge in [-0.05, 0) is 25.0 Å². The van der Waals surface area contributed by atoms with E-state index in [0.29, 0.717) is 5.82 Å². The van der Waals surface area contributed by atoms with Gasteiger partial charge in [-0.25, -0.2) is 0 Å². The summed E-state index contributed by atoms with van der Waals surface area (Å²) in [6.07, 6.45) is 3.63. The fourth-order valence-corrected chi connectivity index (χ4v) is 1.70. The molecule has 2 rings (SSSR count). The van der Waals surface area contributed by atoms with Crippen LogP contribution in [-0.2, 0) is 6.42 Å². The number of hydrogen-bond donors (Lipinski definition) is 2. The largest absolute Gasteiger partial charge is 0.462 e. The standard InChI is InChI=1S/C11H15N3O/c1-3-4-8-9(13-14-11(8)12)10-7(2)5-6-15-10/h5-6H,3-4H2,1-2H3,(H3,12,13,14). The van der Waals surface area contributed by atoms with Crippen LogP contribution in [0, 0.1) is 6.92 Å². The molecule has 0 saturated carbocycles. The smallest absolute Gasteiger partial charge is 0.154 e. The van der Waals surface area contributed by atoms with Crippen molar-refractivity contribution in [3.8, 4) is 11.5 Å². The van der Waals surface area contributed by atoms with Crippen molar-refractivity contribution in [3.63, 3.8) is 0 Å². The number of hydrogen-bond acceptors (Lipinski definition) is 3. The molecule has 0 aliphatic carbocycles. The Balaban J connectivity index is 2.49. The van der Waals surface area contributed by atoms with Gasteiger partial charge in [0.15, 0.2) is 5.76 Å². The third-order valence-corrected chi connectivity index (χ3v) is 2.49. The topological polar surface area (TPSA) is 67.8 Å². The average Bonchev–Trinajstić information content (AvgIpc) is 2.76. The SMILES string of the molecule is CCCc1c(N)n[nH]c1-c1occc1C. The van der Waals surface area contributed by atoms with Crippen LogP contribution in [0.2, 0.25) is 0 Å². The van der Waals surface area contributed by atoms with E-state index in [-0.39, 0.29) is 0 Å². The normalized spacial score (nSPS) is 10.8. The molecule has 4 heteroatoms. The van der Waals surface area contributed by atoms with Crippen molar-refractivity contribution in [2.45, 2.75) is 26.7 Å². The van der Waals surface area contributed by atoms with Gasteiger partial charge in [-0.3, -0.25) is 5.10 Å². The average molecular weight is 205 g/mol. The number of anilines is 1. The van der Waals surface area contributed by atoms with Gasteiger partial charge in [0, 0.05) is 5.56 Å². The van der Waals surface area contributed by atoms with Gasteiger partial charge in [-0.1, -0.05) is 13.3 Å². The number of nitrogen functional groups attached to an aromatic ring is 1. The summed E-state index contributed by atoms with van der Waals surface area (Å²) in [7, 11) is 0. The molecule has 0 radical (unpaired) electrons. The van der Waals surface area contributed by atoms with Gasteiger partial charge in [0.2, 0.25) is 0 Å². The lowest BCUT2D eigenvalue weighted by molar-refractivity contribution is 0.577. The zero-order valence-electron chi connectivity index (χ0n) is 9.00. The Morgan fingerprint density at radius 2 is 2.33 bits per heavy atom. The Bertz CT molecular complexity index is 456. The van der Waals surface area contributed by atoms with Crippen LogP contribution in [-0.4, -0.2) is 10.2 Å². The highest BCUT2D eigenvalue weighted by Gasteiger charge is 2.15. The quantitative estimate of drug-likeness (QED) is 0.809. The number of furan rings is 1. The zero-order valence-corrected chi connectivity index (χ0v) is 9.00. The van der Waals surface area contributed by atoms with E-state index in [9.17, 15) is 0 Å². The van der Waals surface area contributed by atoms with Crippen molar-refractivity contribution >= 4 is 5.82 Å². The van der Waals surface area contributed by atoms with E-state index in [1.54, 1.807) is 6.26 Å². The first-order valence-electron chi connectivity index (χ1n) is 5.11. The van der Waals surface area contributed by atoms with Crippen LogP contribution in [0.1, 0.15) is 24.5 Å². The number of rotatable bonds is 3. The summed E-state index contributed by atoms with van der Waals surface area (Å²) in [5, 5.41) is 6.96. The second-order valence-corrected chi connectivity index (χ2v) is 3.65. The second-order valence-electron chi connectivity index (χ2n) is 3.65. The van der Waals surface area contributed by atoms with Crippen molar-refractivity contribution < 1.29 is 4.42 Å². The molecule has 0 bridgehead atoms. The molecular weight excluding hydrogens is 190 g/mol. The van der Waals surface area contributed by atoms with Gasteiger partial charge in [0.25, 0.3) is 0 Å². The van der Waals surface area contributed by atoms with E-state index in [4.69, 9.17) is 10.2 Å². The summed E-state index contributed by atoms with van der Waals surface area (Å²) in [4.78, 5) is 0. The van der Waals surface area contributed by atoms with E-state index >= 15 is 0 Å². The van der Waals surface area contributed by atoms with Crippen molar-refractivity contribution in [1.82, 2.24) is 10.2 Å². The number of nitrogens with one attached hydrogen (secondary N) is 1. The lowest BCUT2D eigenvalue weighted by Gasteiger charge is -2.00. The number of aryl methyl sites for hydroxylation is 1. The van der Waals surface area contributed by atoms with Crippen molar-refractivity contribution in [1.29, 1.82) is 0 Å². The summed E-state index contributed by atoms with van der Waals surface area (Å²) < 4.78 is 5.42. The molecule has 0 aromatic carbocycles. The first-order valence-corrected chi connectivity index (χ1v) is 5.11. The van der Waals surface area contributed by atoms with Gasteiger partial charge in [0.05, 0.1) is 6.26 Å². The first-order chi connectivity index (χ1) is 7.24. The fraction of sp³-hybridized carbons (Fsp3) is 0.364. The third-order valence-electron chi connectivity index (χ3n) is 2.49. The molecule has 0 fully saturated rings. The van der Waals surface area contributed by atoms with Crippen LogP contribution < -0.4 is 5.73 Å². The van der Waals surface area contributed by atoms with E-state index in [1.807, 2.05) is 13.0 Å². The van der Waals surface area contributed by atoms with Crippen molar-refractivity contribution in [2.24, 2.45) is 0 Å². The van der Waals surface area contributed by atoms with Crippen LogP contribution in [0.15, 0.2) is 16.7 Å².